The number of rotatable bonds is 6. The van der Waals surface area contributed by atoms with Crippen LogP contribution >= 0.6 is 0 Å². The van der Waals surface area contributed by atoms with Crippen LogP contribution in [0.25, 0.3) is 0 Å². The van der Waals surface area contributed by atoms with Gasteiger partial charge >= 0.3 is 5.69 Å². The van der Waals surface area contributed by atoms with Crippen molar-refractivity contribution in [2.24, 2.45) is 7.05 Å². The van der Waals surface area contributed by atoms with E-state index in [4.69, 9.17) is 5.11 Å². The highest BCUT2D eigenvalue weighted by atomic mass is 16.3. The normalized spacial score (nSPS) is 10.8. The highest BCUT2D eigenvalue weighted by Crippen LogP contribution is 1.99. The maximum Gasteiger partial charge on any atom is 0.330 e. The monoisotopic (exact) mass is 240 g/mol. The van der Waals surface area contributed by atoms with Crippen molar-refractivity contribution < 1.29 is 5.11 Å². The fourth-order valence-electron chi connectivity index (χ4n) is 1.82. The Morgan fingerprint density at radius 3 is 2.47 bits per heavy atom. The van der Waals surface area contributed by atoms with Crippen LogP contribution in [0.15, 0.2) is 15.8 Å². The lowest BCUT2D eigenvalue weighted by Gasteiger charge is -2.08. The fourth-order valence-corrected chi connectivity index (χ4v) is 1.82. The quantitative estimate of drug-likeness (QED) is 0.732. The van der Waals surface area contributed by atoms with E-state index >= 15 is 0 Å². The Balaban J connectivity index is 2.71. The standard InChI is InChI=1S/C12H20N2O3/c1-10-9-13(2)12(17)14(11(10)16)7-5-3-4-6-8-15/h9,15H,3-8H2,1-2H3. The highest BCUT2D eigenvalue weighted by molar-refractivity contribution is 5.02. The van der Waals surface area contributed by atoms with Crippen molar-refractivity contribution in [3.8, 4) is 0 Å². The molecule has 0 aliphatic carbocycles. The second-order valence-corrected chi connectivity index (χ2v) is 4.30. The molecule has 0 radical (unpaired) electrons. The van der Waals surface area contributed by atoms with Crippen LogP contribution < -0.4 is 11.2 Å². The van der Waals surface area contributed by atoms with Crippen molar-refractivity contribution in [1.29, 1.82) is 0 Å². The van der Waals surface area contributed by atoms with Crippen molar-refractivity contribution >= 4 is 0 Å². The van der Waals surface area contributed by atoms with Crippen molar-refractivity contribution in [2.45, 2.75) is 39.2 Å². The maximum absolute atomic E-state index is 11.8. The molecule has 0 spiro atoms. The van der Waals surface area contributed by atoms with Crippen LogP contribution in [0.4, 0.5) is 0 Å². The molecule has 0 saturated heterocycles. The lowest BCUT2D eigenvalue weighted by molar-refractivity contribution is 0.282. The molecule has 17 heavy (non-hydrogen) atoms. The summed E-state index contributed by atoms with van der Waals surface area (Å²) in [6, 6.07) is 0. The first-order chi connectivity index (χ1) is 8.07. The van der Waals surface area contributed by atoms with Gasteiger partial charge < -0.3 is 9.67 Å². The molecule has 1 aromatic rings. The van der Waals surface area contributed by atoms with Gasteiger partial charge in [0.25, 0.3) is 5.56 Å². The Morgan fingerprint density at radius 1 is 1.18 bits per heavy atom. The van der Waals surface area contributed by atoms with Gasteiger partial charge in [-0.25, -0.2) is 4.79 Å². The Bertz CT molecular complexity index is 439. The molecule has 0 unspecified atom stereocenters. The van der Waals surface area contributed by atoms with Crippen LogP contribution in [0.2, 0.25) is 0 Å². The van der Waals surface area contributed by atoms with E-state index in [9.17, 15) is 9.59 Å². The molecular weight excluding hydrogens is 220 g/mol. The van der Waals surface area contributed by atoms with E-state index < -0.39 is 0 Å². The number of aliphatic hydroxyl groups is 1. The summed E-state index contributed by atoms with van der Waals surface area (Å²) in [4.78, 5) is 23.5. The van der Waals surface area contributed by atoms with Gasteiger partial charge in [0, 0.05) is 32.0 Å². The summed E-state index contributed by atoms with van der Waals surface area (Å²) in [5, 5.41) is 8.64. The molecule has 5 heteroatoms. The number of hydrogen-bond acceptors (Lipinski definition) is 3. The van der Waals surface area contributed by atoms with Crippen LogP contribution in [0.1, 0.15) is 31.2 Å². The van der Waals surface area contributed by atoms with Gasteiger partial charge in [-0.1, -0.05) is 12.8 Å². The van der Waals surface area contributed by atoms with Crippen molar-refractivity contribution in [3.63, 3.8) is 0 Å². The molecule has 0 fully saturated rings. The minimum absolute atomic E-state index is 0.199. The molecule has 96 valence electrons. The number of aryl methyl sites for hydroxylation is 2. The van der Waals surface area contributed by atoms with Crippen LogP contribution in [-0.2, 0) is 13.6 Å². The molecule has 1 heterocycles. The van der Waals surface area contributed by atoms with E-state index in [1.54, 1.807) is 20.2 Å². The summed E-state index contributed by atoms with van der Waals surface area (Å²) < 4.78 is 2.72. The van der Waals surface area contributed by atoms with E-state index in [1.165, 1.54) is 9.13 Å². The number of hydrogen-bond donors (Lipinski definition) is 1. The van der Waals surface area contributed by atoms with Crippen LogP contribution in [0, 0.1) is 6.92 Å². The van der Waals surface area contributed by atoms with E-state index in [0.717, 1.165) is 25.7 Å². The van der Waals surface area contributed by atoms with Gasteiger partial charge in [0.1, 0.15) is 0 Å². The van der Waals surface area contributed by atoms with Gasteiger partial charge in [-0.05, 0) is 19.8 Å². The van der Waals surface area contributed by atoms with Gasteiger partial charge in [-0.2, -0.15) is 0 Å². The third kappa shape index (κ3) is 3.56. The maximum atomic E-state index is 11.8. The Morgan fingerprint density at radius 2 is 1.82 bits per heavy atom. The SMILES string of the molecule is Cc1cn(C)c(=O)n(CCCCCCO)c1=O. The topological polar surface area (TPSA) is 64.2 Å². The average molecular weight is 240 g/mol. The molecule has 5 nitrogen and oxygen atoms in total. The average Bonchev–Trinajstić information content (AvgIpc) is 2.30. The van der Waals surface area contributed by atoms with Crippen LogP contribution in [-0.4, -0.2) is 20.8 Å². The second kappa shape index (κ2) is 6.39. The number of unbranched alkanes of at least 4 members (excludes halogenated alkanes) is 3. The molecule has 0 atom stereocenters. The minimum Gasteiger partial charge on any atom is -0.396 e. The predicted octanol–water partition coefficient (Wildman–Crippen LogP) is 0.408. The van der Waals surface area contributed by atoms with Gasteiger partial charge in [0.2, 0.25) is 0 Å². The third-order valence-corrected chi connectivity index (χ3v) is 2.79. The first-order valence-corrected chi connectivity index (χ1v) is 5.96. The molecule has 0 aliphatic rings. The highest BCUT2D eigenvalue weighted by Gasteiger charge is 2.05. The van der Waals surface area contributed by atoms with Crippen LogP contribution in [0.3, 0.4) is 0 Å². The molecule has 0 aromatic carbocycles. The molecule has 0 bridgehead atoms. The molecule has 1 rings (SSSR count). The summed E-state index contributed by atoms with van der Waals surface area (Å²) in [7, 11) is 1.65. The van der Waals surface area contributed by atoms with E-state index in [-0.39, 0.29) is 17.9 Å². The zero-order chi connectivity index (χ0) is 12.8. The van der Waals surface area contributed by atoms with Gasteiger partial charge in [-0.15, -0.1) is 0 Å². The summed E-state index contributed by atoms with van der Waals surface area (Å²) in [6.45, 7) is 2.37. The predicted molar refractivity (Wildman–Crippen MR) is 66.2 cm³/mol. The Labute approximate surface area is 100 Å². The molecule has 0 aliphatic heterocycles. The van der Waals surface area contributed by atoms with Gasteiger partial charge in [0.15, 0.2) is 0 Å². The van der Waals surface area contributed by atoms with Gasteiger partial charge in [-0.3, -0.25) is 9.36 Å². The van der Waals surface area contributed by atoms with E-state index in [1.807, 2.05) is 0 Å². The summed E-state index contributed by atoms with van der Waals surface area (Å²) >= 11 is 0. The smallest absolute Gasteiger partial charge is 0.330 e. The molecule has 1 aromatic heterocycles. The number of aromatic nitrogens is 2. The van der Waals surface area contributed by atoms with E-state index in [0.29, 0.717) is 12.1 Å². The van der Waals surface area contributed by atoms with Crippen molar-refractivity contribution in [1.82, 2.24) is 9.13 Å². The van der Waals surface area contributed by atoms with Gasteiger partial charge in [0.05, 0.1) is 0 Å². The largest absolute Gasteiger partial charge is 0.396 e. The lowest BCUT2D eigenvalue weighted by atomic mass is 10.2. The molecular formula is C12H20N2O3. The zero-order valence-electron chi connectivity index (χ0n) is 10.5. The fraction of sp³-hybridized carbons (Fsp3) is 0.667. The summed E-state index contributed by atoms with van der Waals surface area (Å²) in [5.41, 5.74) is 0.125. The van der Waals surface area contributed by atoms with Crippen LogP contribution in [0.5, 0.6) is 0 Å². The third-order valence-electron chi connectivity index (χ3n) is 2.79. The zero-order valence-corrected chi connectivity index (χ0v) is 10.5. The molecule has 0 saturated carbocycles. The minimum atomic E-state index is -0.261. The van der Waals surface area contributed by atoms with Crippen molar-refractivity contribution in [2.75, 3.05) is 6.61 Å². The Kier molecular flexibility index (Phi) is 5.15. The Hall–Kier alpha value is -1.36. The van der Waals surface area contributed by atoms with Crippen molar-refractivity contribution in [3.05, 3.63) is 32.6 Å². The molecule has 0 amide bonds. The number of aliphatic hydroxyl groups excluding tert-OH is 1. The summed E-state index contributed by atoms with van der Waals surface area (Å²) in [6.07, 6.45) is 4.98. The lowest BCUT2D eigenvalue weighted by Crippen LogP contribution is -2.39. The second-order valence-electron chi connectivity index (χ2n) is 4.30. The first kappa shape index (κ1) is 13.7. The summed E-state index contributed by atoms with van der Waals surface area (Å²) in [5.74, 6) is 0. The number of nitrogens with zero attached hydrogens (tertiary/aromatic N) is 2. The van der Waals surface area contributed by atoms with E-state index in [2.05, 4.69) is 0 Å². The molecule has 1 N–H and O–H groups in total. The first-order valence-electron chi connectivity index (χ1n) is 5.96.